The number of nitrogens with one attached hydrogen (secondary N) is 1. The van der Waals surface area contributed by atoms with Crippen molar-refractivity contribution < 1.29 is 4.79 Å². The van der Waals surface area contributed by atoms with Gasteiger partial charge >= 0.3 is 0 Å². The van der Waals surface area contributed by atoms with Crippen molar-refractivity contribution in [2.75, 3.05) is 26.5 Å². The highest BCUT2D eigenvalue weighted by atomic mass is 79.9. The van der Waals surface area contributed by atoms with E-state index >= 15 is 0 Å². The predicted molar refractivity (Wildman–Crippen MR) is 74.4 cm³/mol. The van der Waals surface area contributed by atoms with Gasteiger partial charge in [0.2, 0.25) is 0 Å². The second-order valence-corrected chi connectivity index (χ2v) is 4.75. The highest BCUT2D eigenvalue weighted by Gasteiger charge is 2.15. The van der Waals surface area contributed by atoms with E-state index in [4.69, 9.17) is 0 Å². The molecule has 0 unspecified atom stereocenters. The third-order valence-corrected chi connectivity index (χ3v) is 3.17. The molecule has 0 bridgehead atoms. The van der Waals surface area contributed by atoms with Gasteiger partial charge in [0.1, 0.15) is 16.6 Å². The van der Waals surface area contributed by atoms with E-state index < -0.39 is 0 Å². The van der Waals surface area contributed by atoms with Crippen LogP contribution in [0, 0.1) is 0 Å². The van der Waals surface area contributed by atoms with Gasteiger partial charge in [-0.25, -0.2) is 14.6 Å². The molecule has 0 aliphatic heterocycles. The molecule has 0 atom stereocenters. The summed E-state index contributed by atoms with van der Waals surface area (Å²) in [6, 6.07) is 1.65. The molecule has 0 spiro atoms. The van der Waals surface area contributed by atoms with Gasteiger partial charge in [-0.3, -0.25) is 4.79 Å². The standard InChI is InChI=1S/C11H13BrN6O/c1-13-9-8(12)10(15-6-14-9)18-5-4-7(16-18)11(19)17(2)3/h4-6H,1-3H3,(H,13,14,15). The van der Waals surface area contributed by atoms with Crippen molar-refractivity contribution in [2.45, 2.75) is 0 Å². The molecule has 0 aliphatic rings. The lowest BCUT2D eigenvalue weighted by Crippen LogP contribution is -2.22. The van der Waals surface area contributed by atoms with Gasteiger partial charge in [0.05, 0.1) is 0 Å². The Kier molecular flexibility index (Phi) is 3.79. The molecular weight excluding hydrogens is 312 g/mol. The summed E-state index contributed by atoms with van der Waals surface area (Å²) in [4.78, 5) is 21.5. The summed E-state index contributed by atoms with van der Waals surface area (Å²) >= 11 is 3.41. The summed E-state index contributed by atoms with van der Waals surface area (Å²) in [7, 11) is 5.13. The third-order valence-electron chi connectivity index (χ3n) is 2.44. The van der Waals surface area contributed by atoms with Crippen LogP contribution < -0.4 is 5.32 Å². The van der Waals surface area contributed by atoms with Crippen molar-refractivity contribution >= 4 is 27.7 Å². The van der Waals surface area contributed by atoms with Crippen molar-refractivity contribution in [3.8, 4) is 5.82 Å². The molecule has 0 fully saturated rings. The zero-order chi connectivity index (χ0) is 14.0. The third kappa shape index (κ3) is 2.58. The maximum absolute atomic E-state index is 11.8. The Balaban J connectivity index is 2.41. The predicted octanol–water partition coefficient (Wildman–Crippen LogP) is 1.17. The molecule has 100 valence electrons. The molecule has 0 aliphatic carbocycles. The van der Waals surface area contributed by atoms with Gasteiger partial charge in [0.25, 0.3) is 5.91 Å². The first-order valence-corrected chi connectivity index (χ1v) is 6.30. The first-order valence-electron chi connectivity index (χ1n) is 5.50. The summed E-state index contributed by atoms with van der Waals surface area (Å²) in [5, 5.41) is 7.15. The molecule has 0 saturated carbocycles. The SMILES string of the molecule is CNc1ncnc(-n2ccc(C(=O)N(C)C)n2)c1Br. The van der Waals surface area contributed by atoms with E-state index in [2.05, 4.69) is 36.3 Å². The Morgan fingerprint density at radius 1 is 1.42 bits per heavy atom. The lowest BCUT2D eigenvalue weighted by atomic mass is 10.4. The number of hydrogen-bond donors (Lipinski definition) is 1. The Bertz CT molecular complexity index is 609. The Hall–Kier alpha value is -1.96. The van der Waals surface area contributed by atoms with Crippen LogP contribution in [0.15, 0.2) is 23.1 Å². The van der Waals surface area contributed by atoms with Crippen molar-refractivity contribution in [1.29, 1.82) is 0 Å². The number of anilines is 1. The lowest BCUT2D eigenvalue weighted by Gasteiger charge is -2.08. The molecule has 0 aromatic carbocycles. The topological polar surface area (TPSA) is 75.9 Å². The maximum Gasteiger partial charge on any atom is 0.273 e. The minimum atomic E-state index is -0.155. The van der Waals surface area contributed by atoms with Gasteiger partial charge in [-0.1, -0.05) is 0 Å². The molecule has 19 heavy (non-hydrogen) atoms. The van der Waals surface area contributed by atoms with E-state index in [9.17, 15) is 4.79 Å². The van der Waals surface area contributed by atoms with Crippen LogP contribution in [0.4, 0.5) is 5.82 Å². The van der Waals surface area contributed by atoms with Crippen LogP contribution >= 0.6 is 15.9 Å². The lowest BCUT2D eigenvalue weighted by molar-refractivity contribution is 0.0821. The van der Waals surface area contributed by atoms with Gasteiger partial charge in [0, 0.05) is 27.3 Å². The fourth-order valence-corrected chi connectivity index (χ4v) is 2.06. The number of amides is 1. The molecule has 2 heterocycles. The van der Waals surface area contributed by atoms with E-state index in [0.717, 1.165) is 0 Å². The molecule has 8 heteroatoms. The number of aromatic nitrogens is 4. The second-order valence-electron chi connectivity index (χ2n) is 3.95. The summed E-state index contributed by atoms with van der Waals surface area (Å²) in [5.41, 5.74) is 0.363. The largest absolute Gasteiger partial charge is 0.372 e. The van der Waals surface area contributed by atoms with E-state index in [1.165, 1.54) is 15.9 Å². The van der Waals surface area contributed by atoms with E-state index in [-0.39, 0.29) is 5.91 Å². The molecule has 1 N–H and O–H groups in total. The van der Waals surface area contributed by atoms with Crippen molar-refractivity contribution in [3.63, 3.8) is 0 Å². The smallest absolute Gasteiger partial charge is 0.273 e. The molecule has 1 amide bonds. The van der Waals surface area contributed by atoms with Crippen molar-refractivity contribution in [2.24, 2.45) is 0 Å². The van der Waals surface area contributed by atoms with E-state index in [1.54, 1.807) is 33.4 Å². The first kappa shape index (κ1) is 13.5. The van der Waals surface area contributed by atoms with Crippen molar-refractivity contribution in [3.05, 3.63) is 28.8 Å². The summed E-state index contributed by atoms with van der Waals surface area (Å²) in [6.45, 7) is 0. The molecular formula is C11H13BrN6O. The molecule has 0 radical (unpaired) electrons. The minimum absolute atomic E-state index is 0.155. The molecule has 2 aromatic rings. The van der Waals surface area contributed by atoms with Gasteiger partial charge < -0.3 is 10.2 Å². The summed E-state index contributed by atoms with van der Waals surface area (Å²) in [6.07, 6.45) is 3.12. The van der Waals surface area contributed by atoms with Crippen LogP contribution in [0.2, 0.25) is 0 Å². The normalized spacial score (nSPS) is 10.3. The van der Waals surface area contributed by atoms with Crippen LogP contribution in [0.1, 0.15) is 10.5 Å². The maximum atomic E-state index is 11.8. The van der Waals surface area contributed by atoms with Crippen LogP contribution in [0.3, 0.4) is 0 Å². The fourth-order valence-electron chi connectivity index (χ4n) is 1.48. The van der Waals surface area contributed by atoms with Crippen LogP contribution in [-0.4, -0.2) is 51.7 Å². The Morgan fingerprint density at radius 3 is 2.79 bits per heavy atom. The average molecular weight is 325 g/mol. The number of rotatable bonds is 3. The highest BCUT2D eigenvalue weighted by Crippen LogP contribution is 2.24. The number of carbonyl (C=O) groups excluding carboxylic acids is 1. The summed E-state index contributed by atoms with van der Waals surface area (Å²) in [5.74, 6) is 1.07. The number of carbonyl (C=O) groups is 1. The Labute approximate surface area is 118 Å². The van der Waals surface area contributed by atoms with Crippen molar-refractivity contribution in [1.82, 2.24) is 24.6 Å². The molecule has 2 aromatic heterocycles. The molecule has 7 nitrogen and oxygen atoms in total. The van der Waals surface area contributed by atoms with Crippen LogP contribution in [-0.2, 0) is 0 Å². The average Bonchev–Trinajstić information content (AvgIpc) is 2.87. The number of hydrogen-bond acceptors (Lipinski definition) is 5. The van der Waals surface area contributed by atoms with Gasteiger partial charge in [-0.05, 0) is 22.0 Å². The first-order chi connectivity index (χ1) is 9.04. The number of nitrogens with zero attached hydrogens (tertiary/aromatic N) is 5. The molecule has 0 saturated heterocycles. The zero-order valence-electron chi connectivity index (χ0n) is 10.8. The van der Waals surface area contributed by atoms with Gasteiger partial charge in [0.15, 0.2) is 11.5 Å². The van der Waals surface area contributed by atoms with E-state index in [0.29, 0.717) is 21.8 Å². The van der Waals surface area contributed by atoms with Crippen LogP contribution in [0.5, 0.6) is 0 Å². The second kappa shape index (κ2) is 5.35. The number of halogens is 1. The summed E-state index contributed by atoms with van der Waals surface area (Å²) < 4.78 is 2.22. The Morgan fingerprint density at radius 2 is 2.16 bits per heavy atom. The quantitative estimate of drug-likeness (QED) is 0.917. The zero-order valence-corrected chi connectivity index (χ0v) is 12.3. The fraction of sp³-hybridized carbons (Fsp3) is 0.273. The highest BCUT2D eigenvalue weighted by molar-refractivity contribution is 9.10. The van der Waals surface area contributed by atoms with E-state index in [1.807, 2.05) is 0 Å². The monoisotopic (exact) mass is 324 g/mol. The van der Waals surface area contributed by atoms with Crippen LogP contribution in [0.25, 0.3) is 5.82 Å². The molecule has 2 rings (SSSR count). The van der Waals surface area contributed by atoms with Gasteiger partial charge in [-0.2, -0.15) is 5.10 Å². The van der Waals surface area contributed by atoms with Gasteiger partial charge in [-0.15, -0.1) is 0 Å². The minimum Gasteiger partial charge on any atom is -0.372 e.